The number of hydrogen-bond donors (Lipinski definition) is 0. The van der Waals surface area contributed by atoms with Crippen molar-refractivity contribution in [3.63, 3.8) is 0 Å². The molecule has 10 aromatic carbocycles. The average Bonchev–Trinajstić information content (AvgIpc) is 4.16. The molecule has 14 aromatic rings. The smallest absolute Gasteiger partial charge is 0.263 e. The lowest BCUT2D eigenvalue weighted by molar-refractivity contribution is 0.669. The van der Waals surface area contributed by atoms with Crippen LogP contribution in [-0.4, -0.2) is 8.97 Å². The normalized spacial score (nSPS) is 13.6. The highest BCUT2D eigenvalue weighted by atomic mass is 16.3. The molecule has 0 amide bonds. The fraction of sp³-hybridized carbons (Fsp3) is 0.0161. The molecule has 0 saturated carbocycles. The highest BCUT2D eigenvalue weighted by Crippen LogP contribution is 2.63. The van der Waals surface area contributed by atoms with Crippen molar-refractivity contribution in [1.82, 2.24) is 8.97 Å². The fourth-order valence-corrected chi connectivity index (χ4v) is 12.7. The molecular formula is C62H34N2O2. The molecule has 2 aliphatic carbocycles. The summed E-state index contributed by atoms with van der Waals surface area (Å²) in [5.74, 6) is 0. The Bertz CT molecular complexity index is 4520. The van der Waals surface area contributed by atoms with Gasteiger partial charge in [0.1, 0.15) is 11.2 Å². The molecule has 4 nitrogen and oxygen atoms in total. The molecule has 4 heteroatoms. The van der Waals surface area contributed by atoms with Crippen LogP contribution in [0.3, 0.4) is 0 Å². The zero-order valence-corrected chi connectivity index (χ0v) is 35.3. The number of furan rings is 1. The van der Waals surface area contributed by atoms with Crippen molar-refractivity contribution < 1.29 is 4.42 Å². The van der Waals surface area contributed by atoms with E-state index >= 15 is 0 Å². The second-order valence-corrected chi connectivity index (χ2v) is 18.2. The average molecular weight is 839 g/mol. The van der Waals surface area contributed by atoms with E-state index in [1.54, 1.807) is 0 Å². The van der Waals surface area contributed by atoms with Crippen molar-refractivity contribution in [3.8, 4) is 39.1 Å². The van der Waals surface area contributed by atoms with E-state index in [0.29, 0.717) is 0 Å². The van der Waals surface area contributed by atoms with E-state index in [2.05, 4.69) is 187 Å². The summed E-state index contributed by atoms with van der Waals surface area (Å²) in [5, 5.41) is 9.45. The molecule has 0 N–H and O–H groups in total. The first-order valence-electron chi connectivity index (χ1n) is 22.7. The third kappa shape index (κ3) is 4.06. The maximum absolute atomic E-state index is 14.1. The van der Waals surface area contributed by atoms with Crippen molar-refractivity contribution >= 4 is 81.7 Å². The molecule has 304 valence electrons. The summed E-state index contributed by atoms with van der Waals surface area (Å²) in [6.07, 6.45) is 0. The Morgan fingerprint density at radius 2 is 0.939 bits per heavy atom. The highest BCUT2D eigenvalue weighted by molar-refractivity contribution is 6.23. The van der Waals surface area contributed by atoms with Gasteiger partial charge in [0.15, 0.2) is 0 Å². The van der Waals surface area contributed by atoms with Crippen molar-refractivity contribution in [2.75, 3.05) is 0 Å². The molecule has 2 aliphatic rings. The van der Waals surface area contributed by atoms with Gasteiger partial charge in [-0.1, -0.05) is 140 Å². The van der Waals surface area contributed by atoms with Crippen LogP contribution < -0.4 is 5.56 Å². The Kier molecular flexibility index (Phi) is 6.36. The lowest BCUT2D eigenvalue weighted by atomic mass is 9.70. The molecule has 1 spiro atoms. The molecule has 0 atom stereocenters. The van der Waals surface area contributed by atoms with Crippen LogP contribution >= 0.6 is 0 Å². The van der Waals surface area contributed by atoms with Crippen LogP contribution in [0, 0.1) is 0 Å². The van der Waals surface area contributed by atoms with Gasteiger partial charge in [0.25, 0.3) is 5.56 Å². The molecule has 4 heterocycles. The zero-order valence-electron chi connectivity index (χ0n) is 35.3. The Morgan fingerprint density at radius 3 is 1.67 bits per heavy atom. The van der Waals surface area contributed by atoms with E-state index in [4.69, 9.17) is 4.42 Å². The quantitative estimate of drug-likeness (QED) is 0.163. The van der Waals surface area contributed by atoms with Gasteiger partial charge in [0.2, 0.25) is 0 Å². The van der Waals surface area contributed by atoms with Gasteiger partial charge in [-0.15, -0.1) is 0 Å². The number of benzene rings is 10. The first-order valence-corrected chi connectivity index (χ1v) is 22.7. The highest BCUT2D eigenvalue weighted by Gasteiger charge is 2.51. The lowest BCUT2D eigenvalue weighted by Crippen LogP contribution is -2.25. The number of pyridine rings is 1. The van der Waals surface area contributed by atoms with Crippen LogP contribution in [-0.2, 0) is 5.41 Å². The Balaban J connectivity index is 0.964. The number of nitrogens with zero attached hydrogens (tertiary/aromatic N) is 2. The molecule has 0 fully saturated rings. The van der Waals surface area contributed by atoms with E-state index in [1.807, 2.05) is 28.7 Å². The largest absolute Gasteiger partial charge is 0.456 e. The molecule has 0 bridgehead atoms. The molecular weight excluding hydrogens is 805 g/mol. The maximum atomic E-state index is 14.1. The van der Waals surface area contributed by atoms with Gasteiger partial charge >= 0.3 is 0 Å². The molecule has 16 rings (SSSR count). The van der Waals surface area contributed by atoms with E-state index in [0.717, 1.165) is 82.2 Å². The third-order valence-corrected chi connectivity index (χ3v) is 15.3. The number of rotatable bonds is 2. The van der Waals surface area contributed by atoms with Crippen LogP contribution in [0.15, 0.2) is 215 Å². The van der Waals surface area contributed by atoms with Gasteiger partial charge in [-0.25, -0.2) is 0 Å². The predicted octanol–water partition coefficient (Wildman–Crippen LogP) is 15.2. The molecule has 66 heavy (non-hydrogen) atoms. The second-order valence-electron chi connectivity index (χ2n) is 18.2. The SMILES string of the molecule is O=c1c2ccccc2c2cc(-c3cccc4oc5ccc(-n6c7ccccc7c7cc8c(cc76)-c6ccccc6C86c7ccccc7-c7ccccc76)cc5c34)cc3c4ccccc4n1c23. The summed E-state index contributed by atoms with van der Waals surface area (Å²) in [6, 6.07) is 74.8. The minimum absolute atomic E-state index is 0.0143. The Hall–Kier alpha value is -8.73. The van der Waals surface area contributed by atoms with E-state index in [-0.39, 0.29) is 5.56 Å². The van der Waals surface area contributed by atoms with E-state index in [9.17, 15) is 4.79 Å². The molecule has 0 aliphatic heterocycles. The zero-order chi connectivity index (χ0) is 43.0. The van der Waals surface area contributed by atoms with Crippen LogP contribution in [0.5, 0.6) is 0 Å². The van der Waals surface area contributed by atoms with Gasteiger partial charge in [0.05, 0.1) is 27.5 Å². The first-order chi connectivity index (χ1) is 32.7. The molecule has 0 saturated heterocycles. The van der Waals surface area contributed by atoms with Gasteiger partial charge in [-0.2, -0.15) is 0 Å². The number of fused-ring (bicyclic) bond motifs is 21. The summed E-state index contributed by atoms with van der Waals surface area (Å²) in [5.41, 5.74) is 19.3. The van der Waals surface area contributed by atoms with Gasteiger partial charge in [-0.05, 0) is 128 Å². The number of aromatic nitrogens is 2. The van der Waals surface area contributed by atoms with Gasteiger partial charge in [-0.3, -0.25) is 9.20 Å². The van der Waals surface area contributed by atoms with E-state index < -0.39 is 5.41 Å². The van der Waals surface area contributed by atoms with Crippen LogP contribution in [0.25, 0.3) is 121 Å². The van der Waals surface area contributed by atoms with Crippen LogP contribution in [0.2, 0.25) is 0 Å². The summed E-state index contributed by atoms with van der Waals surface area (Å²) in [7, 11) is 0. The predicted molar refractivity (Wildman–Crippen MR) is 271 cm³/mol. The second kappa shape index (κ2) is 12.1. The Morgan fingerprint density at radius 1 is 0.364 bits per heavy atom. The van der Waals surface area contributed by atoms with Crippen molar-refractivity contribution in [2.45, 2.75) is 5.41 Å². The summed E-state index contributed by atoms with van der Waals surface area (Å²) in [4.78, 5) is 14.1. The standard InChI is InChI=1S/C62H34N2O2/c65-61-44-20-2-1-14-38(44)47-30-35(31-48-43-19-7-12-26-55(43)64(61)60(47)48)37-21-13-27-58-59(37)49-32-36(28-29-57(49)66-58)63-54-25-11-6-18-42(54)46-33-53-45(34-56(46)63)41-17-5-10-24-52(41)62(53)50-22-8-3-15-39(50)40-16-4-9-23-51(40)62/h1-34H. The summed E-state index contributed by atoms with van der Waals surface area (Å²) in [6.45, 7) is 0. The number of hydrogen-bond acceptors (Lipinski definition) is 2. The van der Waals surface area contributed by atoms with Crippen LogP contribution in [0.1, 0.15) is 22.3 Å². The monoisotopic (exact) mass is 838 g/mol. The molecule has 4 aromatic heterocycles. The summed E-state index contributed by atoms with van der Waals surface area (Å²) < 4.78 is 11.1. The summed E-state index contributed by atoms with van der Waals surface area (Å²) >= 11 is 0. The lowest BCUT2D eigenvalue weighted by Gasteiger charge is -2.30. The molecule has 0 radical (unpaired) electrons. The minimum Gasteiger partial charge on any atom is -0.456 e. The fourth-order valence-electron chi connectivity index (χ4n) is 12.7. The maximum Gasteiger partial charge on any atom is 0.263 e. The minimum atomic E-state index is -0.421. The first kappa shape index (κ1) is 34.7. The van der Waals surface area contributed by atoms with Gasteiger partial charge < -0.3 is 8.98 Å². The van der Waals surface area contributed by atoms with Crippen molar-refractivity contribution in [1.29, 1.82) is 0 Å². The third-order valence-electron chi connectivity index (χ3n) is 15.3. The van der Waals surface area contributed by atoms with Gasteiger partial charge in [0, 0.05) is 48.8 Å². The Labute approximate surface area is 376 Å². The van der Waals surface area contributed by atoms with E-state index in [1.165, 1.54) is 60.8 Å². The topological polar surface area (TPSA) is 39.5 Å². The molecule has 0 unspecified atom stereocenters. The number of para-hydroxylation sites is 2. The van der Waals surface area contributed by atoms with Crippen LogP contribution in [0.4, 0.5) is 0 Å². The van der Waals surface area contributed by atoms with Crippen molar-refractivity contribution in [2.24, 2.45) is 0 Å². The van der Waals surface area contributed by atoms with Crippen molar-refractivity contribution in [3.05, 3.63) is 239 Å².